The van der Waals surface area contributed by atoms with Crippen molar-refractivity contribution in [2.75, 3.05) is 6.54 Å². The van der Waals surface area contributed by atoms with Gasteiger partial charge in [-0.3, -0.25) is 0 Å². The van der Waals surface area contributed by atoms with E-state index < -0.39 is 6.10 Å². The SMILES string of the molecule is O=C(NC[C@H](O)c1ccc(-c2ccco2)cc1)NC1CCCC1. The number of carbonyl (C=O) groups excluding carboxylic acids is 1. The standard InChI is InChI=1S/C18H22N2O3/c21-16(12-19-18(22)20-15-4-1-2-5-15)13-7-9-14(10-8-13)17-6-3-11-23-17/h3,6-11,15-16,21H,1-2,4-5,12H2,(H2,19,20,22)/t16-/m0/s1. The molecular weight excluding hydrogens is 292 g/mol. The van der Waals surface area contributed by atoms with Gasteiger partial charge in [-0.15, -0.1) is 0 Å². The van der Waals surface area contributed by atoms with Crippen LogP contribution in [-0.4, -0.2) is 23.7 Å². The van der Waals surface area contributed by atoms with Gasteiger partial charge < -0.3 is 20.2 Å². The number of hydrogen-bond donors (Lipinski definition) is 3. The van der Waals surface area contributed by atoms with Gasteiger partial charge in [0.25, 0.3) is 0 Å². The number of rotatable bonds is 5. The van der Waals surface area contributed by atoms with Crippen LogP contribution < -0.4 is 10.6 Å². The fourth-order valence-corrected chi connectivity index (χ4v) is 2.93. The number of nitrogens with one attached hydrogen (secondary N) is 2. The Labute approximate surface area is 135 Å². The molecule has 23 heavy (non-hydrogen) atoms. The molecule has 1 aromatic heterocycles. The molecule has 1 saturated carbocycles. The van der Waals surface area contributed by atoms with Crippen LogP contribution in [0.3, 0.4) is 0 Å². The molecule has 2 aromatic rings. The van der Waals surface area contributed by atoms with Gasteiger partial charge >= 0.3 is 6.03 Å². The van der Waals surface area contributed by atoms with E-state index in [-0.39, 0.29) is 18.6 Å². The highest BCUT2D eigenvalue weighted by Gasteiger charge is 2.17. The number of hydrogen-bond acceptors (Lipinski definition) is 3. The van der Waals surface area contributed by atoms with Crippen LogP contribution in [0, 0.1) is 0 Å². The summed E-state index contributed by atoms with van der Waals surface area (Å²) >= 11 is 0. The third kappa shape index (κ3) is 4.13. The number of furan rings is 1. The predicted molar refractivity (Wildman–Crippen MR) is 87.9 cm³/mol. The molecule has 1 atom stereocenters. The summed E-state index contributed by atoms with van der Waals surface area (Å²) in [6.45, 7) is 0.193. The Hall–Kier alpha value is -2.27. The lowest BCUT2D eigenvalue weighted by atomic mass is 10.1. The maximum Gasteiger partial charge on any atom is 0.315 e. The first-order chi connectivity index (χ1) is 11.2. The van der Waals surface area contributed by atoms with Crippen LogP contribution in [0.15, 0.2) is 47.1 Å². The van der Waals surface area contributed by atoms with Crippen molar-refractivity contribution in [3.05, 3.63) is 48.2 Å². The molecule has 122 valence electrons. The average molecular weight is 314 g/mol. The smallest absolute Gasteiger partial charge is 0.315 e. The van der Waals surface area contributed by atoms with Crippen LogP contribution in [0.2, 0.25) is 0 Å². The van der Waals surface area contributed by atoms with Crippen molar-refractivity contribution < 1.29 is 14.3 Å². The normalized spacial score (nSPS) is 16.2. The van der Waals surface area contributed by atoms with Crippen molar-refractivity contribution in [3.63, 3.8) is 0 Å². The average Bonchev–Trinajstić information content (AvgIpc) is 3.26. The lowest BCUT2D eigenvalue weighted by molar-refractivity contribution is 0.172. The van der Waals surface area contributed by atoms with E-state index in [9.17, 15) is 9.90 Å². The first kappa shape index (κ1) is 15.6. The molecule has 0 radical (unpaired) electrons. The summed E-state index contributed by atoms with van der Waals surface area (Å²) in [4.78, 5) is 11.8. The minimum absolute atomic E-state index is 0.193. The topological polar surface area (TPSA) is 74.5 Å². The fraction of sp³-hybridized carbons (Fsp3) is 0.389. The van der Waals surface area contributed by atoms with Gasteiger partial charge in [-0.25, -0.2) is 4.79 Å². The lowest BCUT2D eigenvalue weighted by Gasteiger charge is -2.16. The zero-order valence-corrected chi connectivity index (χ0v) is 13.0. The van der Waals surface area contributed by atoms with Crippen LogP contribution in [0.4, 0.5) is 4.79 Å². The summed E-state index contributed by atoms with van der Waals surface area (Å²) in [5.41, 5.74) is 1.72. The van der Waals surface area contributed by atoms with Crippen LogP contribution in [0.5, 0.6) is 0 Å². The molecular formula is C18H22N2O3. The van der Waals surface area contributed by atoms with Crippen molar-refractivity contribution in [1.29, 1.82) is 0 Å². The van der Waals surface area contributed by atoms with Gasteiger partial charge in [0, 0.05) is 18.2 Å². The van der Waals surface area contributed by atoms with Gasteiger partial charge in [0.15, 0.2) is 0 Å². The summed E-state index contributed by atoms with van der Waals surface area (Å²) in [7, 11) is 0. The van der Waals surface area contributed by atoms with Gasteiger partial charge in [-0.05, 0) is 30.5 Å². The minimum Gasteiger partial charge on any atom is -0.464 e. The van der Waals surface area contributed by atoms with Gasteiger partial charge in [-0.1, -0.05) is 37.1 Å². The van der Waals surface area contributed by atoms with Crippen molar-refractivity contribution in [1.82, 2.24) is 10.6 Å². The van der Waals surface area contributed by atoms with Crippen molar-refractivity contribution >= 4 is 6.03 Å². The van der Waals surface area contributed by atoms with Gasteiger partial charge in [-0.2, -0.15) is 0 Å². The maximum atomic E-state index is 11.8. The second-order valence-electron chi connectivity index (χ2n) is 5.95. The molecule has 0 unspecified atom stereocenters. The Bertz CT molecular complexity index is 616. The highest BCUT2D eigenvalue weighted by Crippen LogP contribution is 2.22. The Morgan fingerprint density at radius 1 is 1.22 bits per heavy atom. The number of benzene rings is 1. The molecule has 1 fully saturated rings. The maximum absolute atomic E-state index is 11.8. The third-order valence-corrected chi connectivity index (χ3v) is 4.25. The summed E-state index contributed by atoms with van der Waals surface area (Å²) in [6.07, 6.45) is 5.35. The molecule has 5 nitrogen and oxygen atoms in total. The number of aliphatic hydroxyl groups excluding tert-OH is 1. The molecule has 0 spiro atoms. The third-order valence-electron chi connectivity index (χ3n) is 4.25. The van der Waals surface area contributed by atoms with E-state index in [2.05, 4.69) is 10.6 Å². The van der Waals surface area contributed by atoms with Crippen LogP contribution in [0.1, 0.15) is 37.4 Å². The minimum atomic E-state index is -0.727. The quantitative estimate of drug-likeness (QED) is 0.793. The molecule has 3 rings (SSSR count). The van der Waals surface area contributed by atoms with E-state index in [4.69, 9.17) is 4.42 Å². The number of urea groups is 1. The molecule has 0 bridgehead atoms. The molecule has 0 aliphatic heterocycles. The first-order valence-electron chi connectivity index (χ1n) is 8.08. The van der Waals surface area contributed by atoms with Crippen molar-refractivity contribution in [3.8, 4) is 11.3 Å². The van der Waals surface area contributed by atoms with E-state index >= 15 is 0 Å². The molecule has 1 aromatic carbocycles. The molecule has 1 heterocycles. The van der Waals surface area contributed by atoms with E-state index in [1.165, 1.54) is 12.8 Å². The second kappa shape index (κ2) is 7.33. The highest BCUT2D eigenvalue weighted by molar-refractivity contribution is 5.74. The monoisotopic (exact) mass is 314 g/mol. The Kier molecular flexibility index (Phi) is 4.98. The Morgan fingerprint density at radius 2 is 1.96 bits per heavy atom. The summed E-state index contributed by atoms with van der Waals surface area (Å²) in [6, 6.07) is 11.3. The number of carbonyl (C=O) groups is 1. The Balaban J connectivity index is 1.49. The van der Waals surface area contributed by atoms with E-state index in [1.807, 2.05) is 36.4 Å². The zero-order valence-electron chi connectivity index (χ0n) is 13.0. The molecule has 1 aliphatic rings. The molecule has 3 N–H and O–H groups in total. The molecule has 5 heteroatoms. The van der Waals surface area contributed by atoms with Crippen LogP contribution >= 0.6 is 0 Å². The largest absolute Gasteiger partial charge is 0.464 e. The summed E-state index contributed by atoms with van der Waals surface area (Å²) < 4.78 is 5.33. The summed E-state index contributed by atoms with van der Waals surface area (Å²) in [5, 5.41) is 15.9. The van der Waals surface area contributed by atoms with Gasteiger partial charge in [0.2, 0.25) is 0 Å². The molecule has 1 aliphatic carbocycles. The highest BCUT2D eigenvalue weighted by atomic mass is 16.3. The van der Waals surface area contributed by atoms with E-state index in [0.29, 0.717) is 0 Å². The molecule has 2 amide bonds. The second-order valence-corrected chi connectivity index (χ2v) is 5.95. The van der Waals surface area contributed by atoms with Gasteiger partial charge in [0.05, 0.1) is 12.4 Å². The lowest BCUT2D eigenvalue weighted by Crippen LogP contribution is -2.42. The van der Waals surface area contributed by atoms with E-state index in [0.717, 1.165) is 29.7 Å². The van der Waals surface area contributed by atoms with E-state index in [1.54, 1.807) is 6.26 Å². The van der Waals surface area contributed by atoms with Crippen molar-refractivity contribution in [2.45, 2.75) is 37.8 Å². The summed E-state index contributed by atoms with van der Waals surface area (Å²) in [5.74, 6) is 0.792. The van der Waals surface area contributed by atoms with Crippen LogP contribution in [0.25, 0.3) is 11.3 Å². The van der Waals surface area contributed by atoms with Gasteiger partial charge in [0.1, 0.15) is 5.76 Å². The van der Waals surface area contributed by atoms with Crippen LogP contribution in [-0.2, 0) is 0 Å². The Morgan fingerprint density at radius 3 is 2.61 bits per heavy atom. The zero-order chi connectivity index (χ0) is 16.1. The van der Waals surface area contributed by atoms with Crippen molar-refractivity contribution in [2.24, 2.45) is 0 Å². The first-order valence-corrected chi connectivity index (χ1v) is 8.08. The number of aliphatic hydroxyl groups is 1. The number of amides is 2. The fourth-order valence-electron chi connectivity index (χ4n) is 2.93. The molecule has 0 saturated heterocycles. The predicted octanol–water partition coefficient (Wildman–Crippen LogP) is 3.22.